The lowest BCUT2D eigenvalue weighted by atomic mass is 9.77. The number of hydrogen-bond donors (Lipinski definition) is 3. The van der Waals surface area contributed by atoms with Gasteiger partial charge in [-0.2, -0.15) is 0 Å². The molecule has 0 heterocycles. The maximum absolute atomic E-state index is 11.5. The average Bonchev–Trinajstić information content (AvgIpc) is 2.22. The van der Waals surface area contributed by atoms with E-state index in [-0.39, 0.29) is 19.3 Å². The van der Waals surface area contributed by atoms with Crippen molar-refractivity contribution in [2.24, 2.45) is 5.41 Å². The maximum Gasteiger partial charge on any atom is 0.329 e. The second-order valence-corrected chi connectivity index (χ2v) is 6.22. The molecule has 0 saturated heterocycles. The van der Waals surface area contributed by atoms with E-state index in [4.69, 9.17) is 0 Å². The van der Waals surface area contributed by atoms with Gasteiger partial charge in [-0.25, -0.2) is 0 Å². The van der Waals surface area contributed by atoms with Crippen molar-refractivity contribution in [3.63, 3.8) is 0 Å². The summed E-state index contributed by atoms with van der Waals surface area (Å²) in [5.41, 5.74) is -2.39. The van der Waals surface area contributed by atoms with E-state index in [1.807, 2.05) is 6.92 Å². The van der Waals surface area contributed by atoms with Gasteiger partial charge in [0.25, 0.3) is 0 Å². The topological polar surface area (TPSA) is 94.8 Å². The van der Waals surface area contributed by atoms with Crippen LogP contribution in [0.1, 0.15) is 52.9 Å². The Hall–Kier alpha value is -0.380. The third-order valence-corrected chi connectivity index (χ3v) is 5.13. The van der Waals surface area contributed by atoms with E-state index >= 15 is 0 Å². The summed E-state index contributed by atoms with van der Waals surface area (Å²) < 4.78 is 11.5. The predicted molar refractivity (Wildman–Crippen MR) is 66.0 cm³/mol. The first-order chi connectivity index (χ1) is 7.76. The molecule has 0 rings (SSSR count). The summed E-state index contributed by atoms with van der Waals surface area (Å²) in [4.78, 5) is 30.2. The summed E-state index contributed by atoms with van der Waals surface area (Å²) in [7, 11) is -4.39. The lowest BCUT2D eigenvalue weighted by Crippen LogP contribution is -2.41. The number of carboxylic acid groups (broad SMARTS) is 1. The summed E-state index contributed by atoms with van der Waals surface area (Å²) in [6, 6.07) is 0. The fraction of sp³-hybridized carbons (Fsp3) is 0.909. The number of rotatable bonds is 8. The summed E-state index contributed by atoms with van der Waals surface area (Å²) in [5, 5.41) is 9.31. The van der Waals surface area contributed by atoms with Crippen LogP contribution in [0.2, 0.25) is 0 Å². The second-order valence-electron chi connectivity index (χ2n) is 4.42. The predicted octanol–water partition coefficient (Wildman–Crippen LogP) is 2.61. The van der Waals surface area contributed by atoms with Crippen molar-refractivity contribution in [3.05, 3.63) is 0 Å². The number of aliphatic carboxylic acids is 1. The van der Waals surface area contributed by atoms with Crippen LogP contribution in [0.5, 0.6) is 0 Å². The smallest absolute Gasteiger partial charge is 0.329 e. The summed E-state index contributed by atoms with van der Waals surface area (Å²) in [6.07, 6.45) is 2.15. The van der Waals surface area contributed by atoms with Gasteiger partial charge in [-0.05, 0) is 19.3 Å². The standard InChI is InChI=1S/C11H23O5P/c1-4-7-8-9(17(14,15)16)11(5-2,6-3)10(12)13/h9H,4-8H2,1-3H3,(H,12,13)(H2,14,15,16). The van der Waals surface area contributed by atoms with Gasteiger partial charge < -0.3 is 14.9 Å². The Kier molecular flexibility index (Phi) is 6.38. The normalized spacial score (nSPS) is 14.6. The van der Waals surface area contributed by atoms with Gasteiger partial charge >= 0.3 is 13.6 Å². The van der Waals surface area contributed by atoms with Gasteiger partial charge in [0.05, 0.1) is 11.1 Å². The molecule has 0 aromatic rings. The van der Waals surface area contributed by atoms with Gasteiger partial charge in [-0.3, -0.25) is 9.36 Å². The molecule has 0 radical (unpaired) electrons. The molecule has 0 aromatic heterocycles. The molecule has 0 aromatic carbocycles. The zero-order valence-corrected chi connectivity index (χ0v) is 11.6. The van der Waals surface area contributed by atoms with Crippen molar-refractivity contribution in [2.45, 2.75) is 58.5 Å². The highest BCUT2D eigenvalue weighted by Gasteiger charge is 2.50. The fourth-order valence-electron chi connectivity index (χ4n) is 2.33. The van der Waals surface area contributed by atoms with E-state index < -0.39 is 24.6 Å². The zero-order chi connectivity index (χ0) is 13.7. The molecule has 0 amide bonds. The first kappa shape index (κ1) is 16.6. The van der Waals surface area contributed by atoms with Crippen molar-refractivity contribution < 1.29 is 24.3 Å². The molecule has 0 aliphatic heterocycles. The monoisotopic (exact) mass is 266 g/mol. The molecule has 0 aliphatic rings. The molecule has 1 atom stereocenters. The van der Waals surface area contributed by atoms with E-state index in [0.29, 0.717) is 6.42 Å². The quantitative estimate of drug-likeness (QED) is 0.587. The summed E-state index contributed by atoms with van der Waals surface area (Å²) >= 11 is 0. The molecule has 5 nitrogen and oxygen atoms in total. The van der Waals surface area contributed by atoms with Crippen LogP contribution < -0.4 is 0 Å². The Morgan fingerprint density at radius 1 is 1.24 bits per heavy atom. The molecule has 0 bridgehead atoms. The molecule has 102 valence electrons. The maximum atomic E-state index is 11.5. The SMILES string of the molecule is CCCCC(C(CC)(CC)C(=O)O)P(=O)(O)O. The lowest BCUT2D eigenvalue weighted by molar-refractivity contribution is -0.150. The number of unbranched alkanes of at least 4 members (excludes halogenated alkanes) is 1. The number of carbonyl (C=O) groups is 1. The molecular weight excluding hydrogens is 243 g/mol. The Bertz CT molecular complexity index is 292. The number of carboxylic acids is 1. The van der Waals surface area contributed by atoms with Crippen LogP contribution in [0.15, 0.2) is 0 Å². The minimum atomic E-state index is -4.39. The summed E-state index contributed by atoms with van der Waals surface area (Å²) in [6.45, 7) is 5.26. The molecule has 3 N–H and O–H groups in total. The molecule has 0 saturated carbocycles. The highest BCUT2D eigenvalue weighted by molar-refractivity contribution is 7.52. The first-order valence-electron chi connectivity index (χ1n) is 6.04. The van der Waals surface area contributed by atoms with Crippen LogP contribution in [0.3, 0.4) is 0 Å². The van der Waals surface area contributed by atoms with E-state index in [2.05, 4.69) is 0 Å². The third kappa shape index (κ3) is 3.80. The molecule has 17 heavy (non-hydrogen) atoms. The van der Waals surface area contributed by atoms with Crippen LogP contribution >= 0.6 is 7.60 Å². The van der Waals surface area contributed by atoms with Crippen LogP contribution in [0.25, 0.3) is 0 Å². The van der Waals surface area contributed by atoms with Gasteiger partial charge in [0.1, 0.15) is 0 Å². The molecule has 0 fully saturated rings. The van der Waals surface area contributed by atoms with E-state index in [0.717, 1.165) is 6.42 Å². The highest BCUT2D eigenvalue weighted by atomic mass is 31.2. The molecule has 1 unspecified atom stereocenters. The van der Waals surface area contributed by atoms with Gasteiger partial charge in [-0.15, -0.1) is 0 Å². The van der Waals surface area contributed by atoms with Crippen molar-refractivity contribution in [1.82, 2.24) is 0 Å². The van der Waals surface area contributed by atoms with Crippen molar-refractivity contribution in [1.29, 1.82) is 0 Å². The van der Waals surface area contributed by atoms with Crippen molar-refractivity contribution in [2.75, 3.05) is 0 Å². The highest BCUT2D eigenvalue weighted by Crippen LogP contribution is 2.54. The Labute approximate surface area is 102 Å². The largest absolute Gasteiger partial charge is 0.481 e. The zero-order valence-electron chi connectivity index (χ0n) is 10.7. The molecule has 0 aliphatic carbocycles. The lowest BCUT2D eigenvalue weighted by Gasteiger charge is -2.36. The van der Waals surface area contributed by atoms with Gasteiger partial charge in [0, 0.05) is 0 Å². The molecular formula is C11H23O5P. The molecule has 0 spiro atoms. The van der Waals surface area contributed by atoms with Crippen LogP contribution in [-0.2, 0) is 9.36 Å². The van der Waals surface area contributed by atoms with Crippen molar-refractivity contribution in [3.8, 4) is 0 Å². The average molecular weight is 266 g/mol. The fourth-order valence-corrected chi connectivity index (χ4v) is 3.97. The first-order valence-corrected chi connectivity index (χ1v) is 7.73. The van der Waals surface area contributed by atoms with E-state index in [1.54, 1.807) is 13.8 Å². The Balaban J connectivity index is 5.37. The minimum absolute atomic E-state index is 0.234. The number of hydrogen-bond acceptors (Lipinski definition) is 2. The van der Waals surface area contributed by atoms with Crippen LogP contribution in [-0.4, -0.2) is 26.5 Å². The van der Waals surface area contributed by atoms with E-state index in [1.165, 1.54) is 0 Å². The second kappa shape index (κ2) is 6.53. The van der Waals surface area contributed by atoms with E-state index in [9.17, 15) is 24.3 Å². The van der Waals surface area contributed by atoms with Crippen LogP contribution in [0, 0.1) is 5.41 Å². The summed E-state index contributed by atoms with van der Waals surface area (Å²) in [5.74, 6) is -1.10. The third-order valence-electron chi connectivity index (χ3n) is 3.56. The Morgan fingerprint density at radius 2 is 1.71 bits per heavy atom. The van der Waals surface area contributed by atoms with Gasteiger partial charge in [0.2, 0.25) is 0 Å². The van der Waals surface area contributed by atoms with Gasteiger partial charge in [-0.1, -0.05) is 33.6 Å². The van der Waals surface area contributed by atoms with Crippen molar-refractivity contribution >= 4 is 13.6 Å². The van der Waals surface area contributed by atoms with Gasteiger partial charge in [0.15, 0.2) is 0 Å². The Morgan fingerprint density at radius 3 is 1.94 bits per heavy atom. The minimum Gasteiger partial charge on any atom is -0.481 e. The van der Waals surface area contributed by atoms with Crippen LogP contribution in [0.4, 0.5) is 0 Å². The molecule has 6 heteroatoms.